The Hall–Kier alpha value is -2.70. The molecule has 1 aliphatic carbocycles. The molecule has 1 N–H and O–H groups in total. The number of carbonyl (C=O) groups is 1. The van der Waals surface area contributed by atoms with E-state index in [4.69, 9.17) is 0 Å². The predicted octanol–water partition coefficient (Wildman–Crippen LogP) is 3.93. The van der Waals surface area contributed by atoms with Crippen molar-refractivity contribution in [3.8, 4) is 0 Å². The zero-order valence-corrected chi connectivity index (χ0v) is 16.4. The van der Waals surface area contributed by atoms with Gasteiger partial charge >= 0.3 is 0 Å². The number of aromatic nitrogens is 5. The summed E-state index contributed by atoms with van der Waals surface area (Å²) in [5.74, 6) is 0.983. The van der Waals surface area contributed by atoms with E-state index in [1.807, 2.05) is 23.2 Å². The molecule has 1 saturated carbocycles. The van der Waals surface area contributed by atoms with Crippen LogP contribution >= 0.6 is 0 Å². The van der Waals surface area contributed by atoms with Gasteiger partial charge in [0.1, 0.15) is 12.0 Å². The normalized spacial score (nSPS) is 20.5. The molecular weight excluding hydrogens is 352 g/mol. The van der Waals surface area contributed by atoms with Crippen LogP contribution in [0.25, 0.3) is 5.65 Å². The van der Waals surface area contributed by atoms with Crippen LogP contribution in [0.15, 0.2) is 24.7 Å². The lowest BCUT2D eigenvalue weighted by Gasteiger charge is -2.34. The van der Waals surface area contributed by atoms with Gasteiger partial charge in [-0.15, -0.1) is 0 Å². The van der Waals surface area contributed by atoms with Crippen LogP contribution in [-0.2, 0) is 6.42 Å². The first kappa shape index (κ1) is 17.4. The van der Waals surface area contributed by atoms with E-state index in [1.54, 1.807) is 4.52 Å². The maximum Gasteiger partial charge on any atom is 0.277 e. The van der Waals surface area contributed by atoms with Crippen LogP contribution in [-0.4, -0.2) is 30.7 Å². The Morgan fingerprint density at radius 1 is 1.21 bits per heavy atom. The molecule has 28 heavy (non-hydrogen) atoms. The molecule has 3 aromatic rings. The van der Waals surface area contributed by atoms with Crippen molar-refractivity contribution in [1.82, 2.24) is 24.8 Å². The minimum Gasteiger partial charge on any atom is -0.298 e. The van der Waals surface area contributed by atoms with E-state index in [0.717, 1.165) is 41.9 Å². The number of pyridine rings is 1. The van der Waals surface area contributed by atoms with E-state index in [-0.39, 0.29) is 11.9 Å². The third-order valence-electron chi connectivity index (χ3n) is 6.12. The largest absolute Gasteiger partial charge is 0.298 e. The van der Waals surface area contributed by atoms with Crippen LogP contribution in [0.2, 0.25) is 0 Å². The monoisotopic (exact) mass is 378 g/mol. The van der Waals surface area contributed by atoms with E-state index in [0.29, 0.717) is 17.5 Å². The summed E-state index contributed by atoms with van der Waals surface area (Å²) in [4.78, 5) is 19.6. The first-order valence-electron chi connectivity index (χ1n) is 10.3. The predicted molar refractivity (Wildman–Crippen MR) is 106 cm³/mol. The van der Waals surface area contributed by atoms with Crippen LogP contribution in [0.1, 0.15) is 73.7 Å². The number of rotatable bonds is 4. The third-order valence-corrected chi connectivity index (χ3v) is 6.12. The van der Waals surface area contributed by atoms with Crippen LogP contribution in [0.5, 0.6) is 0 Å². The number of nitrogens with one attached hydrogen (secondary N) is 1. The highest BCUT2D eigenvalue weighted by molar-refractivity contribution is 6.10. The number of aromatic amines is 1. The lowest BCUT2D eigenvalue weighted by atomic mass is 9.80. The number of nitrogens with zero attached hydrogens (tertiary/aromatic N) is 5. The van der Waals surface area contributed by atoms with Gasteiger partial charge in [0.25, 0.3) is 5.91 Å². The van der Waals surface area contributed by atoms with E-state index < -0.39 is 0 Å². The van der Waals surface area contributed by atoms with Crippen molar-refractivity contribution in [1.29, 1.82) is 0 Å². The van der Waals surface area contributed by atoms with Crippen LogP contribution < -0.4 is 4.90 Å². The van der Waals surface area contributed by atoms with Gasteiger partial charge in [-0.2, -0.15) is 10.2 Å². The van der Waals surface area contributed by atoms with Crippen molar-refractivity contribution in [2.45, 2.75) is 58.4 Å². The first-order valence-corrected chi connectivity index (χ1v) is 10.3. The summed E-state index contributed by atoms with van der Waals surface area (Å²) in [7, 11) is 0. The number of H-pyrrole nitrogens is 1. The molecule has 1 unspecified atom stereocenters. The number of fused-ring (bicyclic) bond motifs is 2. The van der Waals surface area contributed by atoms with Gasteiger partial charge < -0.3 is 0 Å². The van der Waals surface area contributed by atoms with Crippen molar-refractivity contribution in [2.75, 3.05) is 4.90 Å². The lowest BCUT2D eigenvalue weighted by Crippen LogP contribution is -2.34. The Morgan fingerprint density at radius 3 is 2.82 bits per heavy atom. The molecule has 0 spiro atoms. The molecule has 4 heterocycles. The van der Waals surface area contributed by atoms with Gasteiger partial charge in [-0.3, -0.25) is 14.8 Å². The summed E-state index contributed by atoms with van der Waals surface area (Å²) in [5.41, 5.74) is 4.51. The average molecular weight is 378 g/mol. The van der Waals surface area contributed by atoms with Crippen molar-refractivity contribution in [2.24, 2.45) is 11.8 Å². The van der Waals surface area contributed by atoms with E-state index in [2.05, 4.69) is 34.1 Å². The first-order chi connectivity index (χ1) is 13.6. The topological polar surface area (TPSA) is 79.2 Å². The second-order valence-corrected chi connectivity index (χ2v) is 8.53. The number of hydrogen-bond acceptors (Lipinski definition) is 4. The fourth-order valence-corrected chi connectivity index (χ4v) is 4.91. The van der Waals surface area contributed by atoms with Crippen molar-refractivity contribution in [3.63, 3.8) is 0 Å². The minimum atomic E-state index is 0.0209. The highest BCUT2D eigenvalue weighted by Gasteiger charge is 2.45. The van der Waals surface area contributed by atoms with E-state index >= 15 is 0 Å². The van der Waals surface area contributed by atoms with Crippen LogP contribution in [0.4, 0.5) is 5.69 Å². The van der Waals surface area contributed by atoms with Gasteiger partial charge in [-0.25, -0.2) is 9.50 Å². The smallest absolute Gasteiger partial charge is 0.277 e. The van der Waals surface area contributed by atoms with E-state index in [1.165, 1.54) is 25.6 Å². The van der Waals surface area contributed by atoms with Gasteiger partial charge in [-0.1, -0.05) is 33.1 Å². The van der Waals surface area contributed by atoms with Gasteiger partial charge in [0.05, 0.1) is 23.6 Å². The number of anilines is 1. The summed E-state index contributed by atoms with van der Waals surface area (Å²) >= 11 is 0. The number of hydrogen-bond donors (Lipinski definition) is 1. The summed E-state index contributed by atoms with van der Waals surface area (Å²) < 4.78 is 1.74. The Balaban J connectivity index is 1.62. The highest BCUT2D eigenvalue weighted by Crippen LogP contribution is 2.47. The van der Waals surface area contributed by atoms with E-state index in [9.17, 15) is 4.79 Å². The zero-order valence-electron chi connectivity index (χ0n) is 16.4. The molecule has 146 valence electrons. The van der Waals surface area contributed by atoms with Crippen molar-refractivity contribution < 1.29 is 4.79 Å². The molecule has 2 aliphatic rings. The number of amides is 1. The summed E-state index contributed by atoms with van der Waals surface area (Å²) in [6, 6.07) is 3.96. The van der Waals surface area contributed by atoms with Crippen LogP contribution in [0, 0.1) is 11.8 Å². The average Bonchev–Trinajstić information content (AvgIpc) is 3.38. The molecule has 5 rings (SSSR count). The molecule has 1 amide bonds. The summed E-state index contributed by atoms with van der Waals surface area (Å²) in [5, 5.41) is 11.9. The molecule has 7 nitrogen and oxygen atoms in total. The maximum atomic E-state index is 13.4. The highest BCUT2D eigenvalue weighted by atomic mass is 16.2. The van der Waals surface area contributed by atoms with Crippen LogP contribution in [0.3, 0.4) is 0 Å². The second kappa shape index (κ2) is 6.72. The number of carbonyl (C=O) groups excluding carboxylic acids is 1. The minimum absolute atomic E-state index is 0.0209. The fraction of sp³-hybridized carbons (Fsp3) is 0.524. The Kier molecular flexibility index (Phi) is 4.18. The third kappa shape index (κ3) is 2.72. The molecule has 3 aromatic heterocycles. The van der Waals surface area contributed by atoms with Crippen molar-refractivity contribution in [3.05, 3.63) is 41.6 Å². The second-order valence-electron chi connectivity index (χ2n) is 8.53. The molecule has 1 fully saturated rings. The fourth-order valence-electron chi connectivity index (χ4n) is 4.91. The van der Waals surface area contributed by atoms with Gasteiger partial charge in [-0.05, 0) is 43.2 Å². The summed E-state index contributed by atoms with van der Waals surface area (Å²) in [6.07, 6.45) is 10.4. The molecule has 0 bridgehead atoms. The Morgan fingerprint density at radius 2 is 2.04 bits per heavy atom. The molecule has 1 aliphatic heterocycles. The molecule has 0 saturated heterocycles. The SMILES string of the molecule is CC(C)Cc1n[nH]c2c1C(C1CCCCC1)N(c1ccc3ncnn3c1)C2=O. The van der Waals surface area contributed by atoms with Crippen molar-refractivity contribution >= 4 is 17.2 Å². The molecular formula is C21H26N6O. The van der Waals surface area contributed by atoms with Gasteiger partial charge in [0.2, 0.25) is 0 Å². The molecule has 1 atom stereocenters. The van der Waals surface area contributed by atoms with Gasteiger partial charge in [0, 0.05) is 5.56 Å². The summed E-state index contributed by atoms with van der Waals surface area (Å²) in [6.45, 7) is 4.40. The lowest BCUT2D eigenvalue weighted by molar-refractivity contribution is 0.0977. The molecule has 7 heteroatoms. The Bertz CT molecular complexity index is 1010. The molecule has 0 radical (unpaired) electrons. The molecule has 0 aromatic carbocycles. The quantitative estimate of drug-likeness (QED) is 0.746. The Labute approximate surface area is 164 Å². The maximum absolute atomic E-state index is 13.4. The standard InChI is InChI=1S/C21H26N6O/c1-13(2)10-16-18-19(25-24-16)21(28)27(20(18)14-6-4-3-5-7-14)15-8-9-17-22-12-23-26(17)11-15/h8-9,11-14,20H,3-7,10H2,1-2H3,(H,24,25). The van der Waals surface area contributed by atoms with Gasteiger partial charge in [0.15, 0.2) is 5.65 Å². The zero-order chi connectivity index (χ0) is 19.3.